The Bertz CT molecular complexity index is 2180. The van der Waals surface area contributed by atoms with Crippen LogP contribution in [0, 0.1) is 23.7 Å². The first kappa shape index (κ1) is 33.9. The second kappa shape index (κ2) is 12.2. The summed E-state index contributed by atoms with van der Waals surface area (Å²) in [6.45, 7) is 0. The zero-order valence-electron chi connectivity index (χ0n) is 26.9. The van der Waals surface area contributed by atoms with Crippen LogP contribution in [0.5, 0.6) is 5.75 Å². The minimum Gasteiger partial charge on any atom is -0.508 e. The molecule has 3 heterocycles. The minimum atomic E-state index is -4.74. The molecule has 1 aromatic heterocycles. The van der Waals surface area contributed by atoms with Crippen LogP contribution in [0.15, 0.2) is 103 Å². The van der Waals surface area contributed by atoms with Gasteiger partial charge in [0.25, 0.3) is 11.8 Å². The monoisotopic (exact) mass is 746 g/mol. The van der Waals surface area contributed by atoms with Crippen LogP contribution in [0.25, 0.3) is 0 Å². The lowest BCUT2D eigenvalue weighted by Gasteiger charge is -2.50. The lowest BCUT2D eigenvalue weighted by atomic mass is 9.49. The number of phenolic OH excluding ortho intramolecular Hbond substituents is 1. The molecule has 2 N–H and O–H groups in total. The second-order valence-corrected chi connectivity index (χ2v) is 14.2. The molecular weight excluding hydrogens is 720 g/mol. The number of allylic oxidation sites excluding steroid dienone is 2. The highest BCUT2D eigenvalue weighted by Crippen LogP contribution is 2.64. The van der Waals surface area contributed by atoms with Gasteiger partial charge in [0.05, 0.1) is 39.4 Å². The maximum Gasteiger partial charge on any atom is 0.417 e. The van der Waals surface area contributed by atoms with E-state index in [0.29, 0.717) is 39.7 Å². The molecular formula is C38H27Cl2F3N4O5. The molecule has 8 rings (SSSR count). The third kappa shape index (κ3) is 5.02. The van der Waals surface area contributed by atoms with Crippen LogP contribution in [0.1, 0.15) is 35.4 Å². The van der Waals surface area contributed by atoms with Crippen molar-refractivity contribution < 1.29 is 37.5 Å². The predicted octanol–water partition coefficient (Wildman–Crippen LogP) is 7.30. The Kier molecular flexibility index (Phi) is 7.96. The van der Waals surface area contributed by atoms with Crippen LogP contribution < -0.4 is 10.3 Å². The number of hydrazine groups is 1. The number of phenols is 1. The van der Waals surface area contributed by atoms with Crippen LogP contribution in [0.3, 0.4) is 0 Å². The molecule has 2 aliphatic heterocycles. The number of aromatic nitrogens is 1. The van der Waals surface area contributed by atoms with Crippen LogP contribution in [-0.4, -0.2) is 38.7 Å². The van der Waals surface area contributed by atoms with Crippen molar-refractivity contribution in [2.75, 3.05) is 10.3 Å². The van der Waals surface area contributed by atoms with Crippen LogP contribution in [0.2, 0.25) is 10.0 Å². The van der Waals surface area contributed by atoms with Gasteiger partial charge in [0.2, 0.25) is 11.8 Å². The third-order valence-corrected chi connectivity index (χ3v) is 11.3. The average Bonchev–Trinajstić information content (AvgIpc) is 3.50. The van der Waals surface area contributed by atoms with Gasteiger partial charge in [0.1, 0.15) is 5.75 Å². The molecule has 6 unspecified atom stereocenters. The first-order valence-corrected chi connectivity index (χ1v) is 17.1. The fourth-order valence-electron chi connectivity index (χ4n) is 8.66. The average molecular weight is 748 g/mol. The van der Waals surface area contributed by atoms with E-state index in [1.807, 2.05) is 6.08 Å². The van der Waals surface area contributed by atoms with Crippen molar-refractivity contribution in [2.45, 2.75) is 30.4 Å². The van der Waals surface area contributed by atoms with Gasteiger partial charge in [0, 0.05) is 17.1 Å². The number of hydrogen-bond donors (Lipinski definition) is 2. The molecule has 52 heavy (non-hydrogen) atoms. The van der Waals surface area contributed by atoms with E-state index in [-0.39, 0.29) is 30.3 Å². The summed E-state index contributed by atoms with van der Waals surface area (Å²) < 4.78 is 40.3. The lowest BCUT2D eigenvalue weighted by molar-refractivity contribution is -0.139. The number of imide groups is 2. The Morgan fingerprint density at radius 3 is 2.21 bits per heavy atom. The van der Waals surface area contributed by atoms with Crippen molar-refractivity contribution in [1.29, 1.82) is 0 Å². The molecule has 4 aromatic rings. The number of para-hydroxylation sites is 1. The van der Waals surface area contributed by atoms with Gasteiger partial charge in [-0.25, -0.2) is 4.98 Å². The van der Waals surface area contributed by atoms with E-state index in [0.717, 1.165) is 5.01 Å². The lowest BCUT2D eigenvalue weighted by Crippen LogP contribution is -2.53. The van der Waals surface area contributed by atoms with Crippen molar-refractivity contribution in [3.63, 3.8) is 0 Å². The van der Waals surface area contributed by atoms with Crippen molar-refractivity contribution in [3.05, 3.63) is 130 Å². The van der Waals surface area contributed by atoms with Crippen molar-refractivity contribution >= 4 is 58.3 Å². The highest BCUT2D eigenvalue weighted by molar-refractivity contribution is 6.33. The van der Waals surface area contributed by atoms with Gasteiger partial charge < -0.3 is 5.11 Å². The Hall–Kier alpha value is -5.20. The number of halogens is 5. The summed E-state index contributed by atoms with van der Waals surface area (Å²) in [6, 6.07) is 21.9. The highest BCUT2D eigenvalue weighted by Gasteiger charge is 2.70. The normalized spacial score (nSPS) is 26.9. The van der Waals surface area contributed by atoms with Gasteiger partial charge in [-0.15, -0.1) is 0 Å². The first-order chi connectivity index (χ1) is 24.8. The largest absolute Gasteiger partial charge is 0.508 e. The number of anilines is 2. The van der Waals surface area contributed by atoms with Gasteiger partial charge in [-0.2, -0.15) is 18.2 Å². The van der Waals surface area contributed by atoms with Crippen LogP contribution >= 0.6 is 23.2 Å². The summed E-state index contributed by atoms with van der Waals surface area (Å²) in [7, 11) is 0. The minimum absolute atomic E-state index is 0.0111. The number of nitrogens with zero attached hydrogens (tertiary/aromatic N) is 3. The van der Waals surface area contributed by atoms with Gasteiger partial charge >= 0.3 is 6.18 Å². The smallest absolute Gasteiger partial charge is 0.417 e. The number of aromatic hydroxyl groups is 1. The molecule has 6 atom stereocenters. The predicted molar refractivity (Wildman–Crippen MR) is 184 cm³/mol. The van der Waals surface area contributed by atoms with E-state index in [4.69, 9.17) is 23.2 Å². The van der Waals surface area contributed by atoms with Crippen molar-refractivity contribution in [2.24, 2.45) is 23.7 Å². The van der Waals surface area contributed by atoms with E-state index in [1.54, 1.807) is 66.7 Å². The molecule has 14 heteroatoms. The Morgan fingerprint density at radius 2 is 1.56 bits per heavy atom. The molecule has 0 bridgehead atoms. The summed E-state index contributed by atoms with van der Waals surface area (Å²) in [4.78, 5) is 63.0. The molecule has 0 radical (unpaired) electrons. The summed E-state index contributed by atoms with van der Waals surface area (Å²) in [6.07, 6.45) is -2.12. The van der Waals surface area contributed by atoms with Gasteiger partial charge in [-0.3, -0.25) is 29.5 Å². The fraction of sp³-hybridized carbons (Fsp3) is 0.237. The maximum atomic E-state index is 15.2. The van der Waals surface area contributed by atoms with E-state index >= 15 is 4.79 Å². The second-order valence-electron chi connectivity index (χ2n) is 13.4. The summed E-state index contributed by atoms with van der Waals surface area (Å²) in [5.41, 5.74) is 1.91. The number of alkyl halides is 3. The number of carbonyl (C=O) groups is 4. The third-order valence-electron chi connectivity index (χ3n) is 10.8. The molecule has 264 valence electrons. The highest BCUT2D eigenvalue weighted by atomic mass is 35.5. The molecule has 4 aliphatic rings. The Balaban J connectivity index is 1.30. The number of fused-ring (bicyclic) bond motifs is 4. The number of pyridine rings is 1. The van der Waals surface area contributed by atoms with Gasteiger partial charge in [-0.05, 0) is 72.4 Å². The molecule has 2 saturated heterocycles. The number of rotatable bonds is 5. The zero-order valence-corrected chi connectivity index (χ0v) is 28.4. The zero-order chi connectivity index (χ0) is 36.7. The molecule has 4 amide bonds. The molecule has 3 aromatic carbocycles. The SMILES string of the molecule is O=C1C2CC3C(=CCC4C(=O)N(c5ccccc5)C(=O)C43)C(c3ccc(O)cc3)C2(c2ccc(Cl)cc2)C(=O)N1Nc1ncc(C(F)(F)F)cc1Cl. The summed E-state index contributed by atoms with van der Waals surface area (Å²) in [5.74, 6) is -6.86. The standard InChI is InChI=1S/C38H27Cl2F3N4O5/c39-22-10-8-20(9-11-22)37-28(34(50)47(36(37)52)45-32-29(40)16-21(18-44-32)38(41,42)43)17-27-25(31(37)19-6-12-24(48)13-7-19)14-15-26-30(27)35(51)46(33(26)49)23-4-2-1-3-5-23/h1-14,16,18,26-28,30-31,48H,15,17H2,(H,44,45). The molecule has 9 nitrogen and oxygen atoms in total. The number of nitrogens with one attached hydrogen (secondary N) is 1. The Morgan fingerprint density at radius 1 is 0.865 bits per heavy atom. The molecule has 2 aliphatic carbocycles. The number of hydrogen-bond acceptors (Lipinski definition) is 7. The van der Waals surface area contributed by atoms with E-state index < -0.39 is 69.5 Å². The van der Waals surface area contributed by atoms with E-state index in [9.17, 15) is 32.7 Å². The first-order valence-electron chi connectivity index (χ1n) is 16.4. The number of amides is 4. The molecule has 1 saturated carbocycles. The van der Waals surface area contributed by atoms with Crippen molar-refractivity contribution in [3.8, 4) is 5.75 Å². The van der Waals surface area contributed by atoms with Gasteiger partial charge in [0.15, 0.2) is 5.82 Å². The Labute approximate surface area is 304 Å². The topological polar surface area (TPSA) is 120 Å². The number of benzene rings is 3. The van der Waals surface area contributed by atoms with E-state index in [2.05, 4.69) is 10.4 Å². The quantitative estimate of drug-likeness (QED) is 0.163. The summed E-state index contributed by atoms with van der Waals surface area (Å²) in [5, 5.41) is 10.9. The molecule has 0 spiro atoms. The summed E-state index contributed by atoms with van der Waals surface area (Å²) >= 11 is 12.5. The van der Waals surface area contributed by atoms with E-state index in [1.165, 1.54) is 17.0 Å². The van der Waals surface area contributed by atoms with Crippen LogP contribution in [0.4, 0.5) is 24.7 Å². The number of carbonyl (C=O) groups excluding carboxylic acids is 4. The van der Waals surface area contributed by atoms with Gasteiger partial charge in [-0.1, -0.05) is 77.3 Å². The maximum absolute atomic E-state index is 15.2. The van der Waals surface area contributed by atoms with Crippen LogP contribution in [-0.2, 0) is 30.8 Å². The van der Waals surface area contributed by atoms with Crippen molar-refractivity contribution in [1.82, 2.24) is 9.99 Å². The fourth-order valence-corrected chi connectivity index (χ4v) is 8.99. The molecule has 3 fully saturated rings.